The molecule has 0 unspecified atom stereocenters. The van der Waals surface area contributed by atoms with E-state index in [1.807, 2.05) is 27.7 Å². The lowest BCUT2D eigenvalue weighted by Crippen LogP contribution is -1.90. The topological polar surface area (TPSA) is 0 Å². The van der Waals surface area contributed by atoms with Crippen molar-refractivity contribution in [1.82, 2.24) is 0 Å². The molecule has 0 aromatic rings. The van der Waals surface area contributed by atoms with Crippen molar-refractivity contribution in [2.24, 2.45) is 0 Å². The molecule has 0 atom stereocenters. The van der Waals surface area contributed by atoms with Crippen molar-refractivity contribution in [3.63, 3.8) is 0 Å². The van der Waals surface area contributed by atoms with Gasteiger partial charge in [-0.1, -0.05) is 27.7 Å². The molecule has 2 heteroatoms. The fourth-order valence-corrected chi connectivity index (χ4v) is 2.73. The third-order valence-electron chi connectivity index (χ3n) is 0.744. The lowest BCUT2D eigenvalue weighted by atomic mass is 10.6. The van der Waals surface area contributed by atoms with Crippen LogP contribution in [-0.2, 0) is 0 Å². The summed E-state index contributed by atoms with van der Waals surface area (Å²) >= 11 is 4.12. The molecule has 0 aromatic heterocycles. The van der Waals surface area contributed by atoms with Gasteiger partial charge >= 0.3 is 0 Å². The Bertz CT molecular complexity index is 22.7. The zero-order chi connectivity index (χ0) is 8.24. The maximum atomic E-state index is 2.06. The van der Waals surface area contributed by atoms with E-state index in [0.29, 0.717) is 0 Å². The quantitative estimate of drug-likeness (QED) is 0.555. The summed E-state index contributed by atoms with van der Waals surface area (Å²) in [5, 5.41) is 1.33. The van der Waals surface area contributed by atoms with E-state index in [-0.39, 0.29) is 0 Å². The summed E-state index contributed by atoms with van der Waals surface area (Å²) in [6.45, 7) is 8.00. The Balaban J connectivity index is 0. The van der Waals surface area contributed by atoms with Gasteiger partial charge in [0.2, 0.25) is 0 Å². The molecule has 0 saturated carbocycles. The maximum Gasteiger partial charge on any atom is 0.0392 e. The fraction of sp³-hybridized carbons (Fsp3) is 1.00. The molecule has 0 aromatic carbocycles. The van der Waals surface area contributed by atoms with Crippen molar-refractivity contribution in [3.8, 4) is 0 Å². The molecular formula is C8H20S2. The van der Waals surface area contributed by atoms with E-state index in [4.69, 9.17) is 0 Å². The molecule has 0 nitrogen and oxygen atoms in total. The number of hydrogen-bond donors (Lipinski definition) is 0. The smallest absolute Gasteiger partial charge is 0.0392 e. The second-order valence-electron chi connectivity index (χ2n) is 1.29. The first-order valence-corrected chi connectivity index (χ1v) is 6.46. The van der Waals surface area contributed by atoms with E-state index < -0.39 is 0 Å². The summed E-state index contributed by atoms with van der Waals surface area (Å²) in [4.78, 5) is 0. The zero-order valence-corrected chi connectivity index (χ0v) is 9.28. The first-order chi connectivity index (χ1) is 5.00. The van der Waals surface area contributed by atoms with Gasteiger partial charge in [0.25, 0.3) is 0 Å². The van der Waals surface area contributed by atoms with Crippen LogP contribution in [0.2, 0.25) is 0 Å². The molecule has 0 radical (unpaired) electrons. The van der Waals surface area contributed by atoms with E-state index >= 15 is 0 Å². The van der Waals surface area contributed by atoms with E-state index in [0.717, 1.165) is 0 Å². The van der Waals surface area contributed by atoms with Crippen LogP contribution in [0, 0.1) is 0 Å². The molecule has 1 rings (SSSR count). The summed E-state index contributed by atoms with van der Waals surface area (Å²) in [5.74, 6) is 2.79. The number of rotatable bonds is 0. The van der Waals surface area contributed by atoms with E-state index in [1.54, 1.807) is 0 Å². The standard InChI is InChI=1S/C4H8S2.2C2H6/c1-2-5-4-6-3-1;2*1-2/h1-4H2;2*1-2H3. The van der Waals surface area contributed by atoms with Crippen molar-refractivity contribution in [3.05, 3.63) is 0 Å². The van der Waals surface area contributed by atoms with Crippen LogP contribution < -0.4 is 0 Å². The van der Waals surface area contributed by atoms with Gasteiger partial charge in [-0.15, -0.1) is 0 Å². The van der Waals surface area contributed by atoms with Crippen LogP contribution in [0.1, 0.15) is 34.1 Å². The molecule has 1 saturated heterocycles. The van der Waals surface area contributed by atoms with Crippen LogP contribution in [0.3, 0.4) is 0 Å². The second-order valence-corrected chi connectivity index (χ2v) is 3.86. The second kappa shape index (κ2) is 16.4. The Morgan fingerprint density at radius 1 is 0.800 bits per heavy atom. The highest BCUT2D eigenvalue weighted by Gasteiger charge is 1.95. The van der Waals surface area contributed by atoms with E-state index in [9.17, 15) is 0 Å². The van der Waals surface area contributed by atoms with Gasteiger partial charge in [-0.05, 0) is 17.9 Å². The lowest BCUT2D eigenvalue weighted by Gasteiger charge is -2.05. The van der Waals surface area contributed by atoms with Gasteiger partial charge < -0.3 is 0 Å². The van der Waals surface area contributed by atoms with Gasteiger partial charge in [-0.2, -0.15) is 23.5 Å². The largest absolute Gasteiger partial charge is 0.151 e. The summed E-state index contributed by atoms with van der Waals surface area (Å²) in [7, 11) is 0. The van der Waals surface area contributed by atoms with Crippen molar-refractivity contribution in [1.29, 1.82) is 0 Å². The minimum atomic E-state index is 1.33. The summed E-state index contributed by atoms with van der Waals surface area (Å²) < 4.78 is 0. The molecule has 64 valence electrons. The molecule has 0 spiro atoms. The monoisotopic (exact) mass is 180 g/mol. The average molecular weight is 180 g/mol. The van der Waals surface area contributed by atoms with Crippen LogP contribution >= 0.6 is 23.5 Å². The number of hydrogen-bond acceptors (Lipinski definition) is 2. The molecular weight excluding hydrogens is 160 g/mol. The highest BCUT2D eigenvalue weighted by Crippen LogP contribution is 2.19. The minimum absolute atomic E-state index is 1.33. The van der Waals surface area contributed by atoms with Crippen LogP contribution in [0.15, 0.2) is 0 Å². The first kappa shape index (κ1) is 13.3. The van der Waals surface area contributed by atoms with Crippen LogP contribution in [0.25, 0.3) is 0 Å². The molecule has 0 aliphatic carbocycles. The molecule has 0 bridgehead atoms. The maximum absolute atomic E-state index is 2.06. The summed E-state index contributed by atoms with van der Waals surface area (Å²) in [6, 6.07) is 0. The van der Waals surface area contributed by atoms with E-state index in [2.05, 4.69) is 23.5 Å². The Labute approximate surface area is 74.5 Å². The minimum Gasteiger partial charge on any atom is -0.151 e. The van der Waals surface area contributed by atoms with Gasteiger partial charge in [0.05, 0.1) is 0 Å². The predicted octanol–water partition coefficient (Wildman–Crippen LogP) is 3.87. The van der Waals surface area contributed by atoms with E-state index in [1.165, 1.54) is 23.0 Å². The van der Waals surface area contributed by atoms with Crippen LogP contribution in [0.5, 0.6) is 0 Å². The Morgan fingerprint density at radius 2 is 1.20 bits per heavy atom. The van der Waals surface area contributed by atoms with Crippen molar-refractivity contribution in [2.45, 2.75) is 34.1 Å². The molecule has 1 heterocycles. The summed E-state index contributed by atoms with van der Waals surface area (Å²) in [5.41, 5.74) is 0. The van der Waals surface area contributed by atoms with Gasteiger partial charge in [-0.3, -0.25) is 0 Å². The zero-order valence-electron chi connectivity index (χ0n) is 7.64. The highest BCUT2D eigenvalue weighted by molar-refractivity contribution is 8.16. The first-order valence-electron chi connectivity index (χ1n) is 4.15. The van der Waals surface area contributed by atoms with Gasteiger partial charge in [-0.25, -0.2) is 0 Å². The Kier molecular flexibility index (Phi) is 21.8. The molecule has 0 N–H and O–H groups in total. The third-order valence-corrected chi connectivity index (χ3v) is 3.23. The van der Waals surface area contributed by atoms with Gasteiger partial charge in [0.1, 0.15) is 0 Å². The Morgan fingerprint density at radius 3 is 1.30 bits per heavy atom. The SMILES string of the molecule is C1CSCSC1.CC.CC. The molecule has 1 aliphatic heterocycles. The van der Waals surface area contributed by atoms with Gasteiger partial charge in [0, 0.05) is 5.08 Å². The normalized spacial score (nSPS) is 15.6. The molecule has 10 heavy (non-hydrogen) atoms. The molecule has 1 aliphatic rings. The van der Waals surface area contributed by atoms with Crippen LogP contribution in [-0.4, -0.2) is 16.6 Å². The van der Waals surface area contributed by atoms with Crippen molar-refractivity contribution < 1.29 is 0 Å². The molecule has 0 amide bonds. The highest BCUT2D eigenvalue weighted by atomic mass is 32.2. The predicted molar refractivity (Wildman–Crippen MR) is 57.1 cm³/mol. The van der Waals surface area contributed by atoms with Crippen molar-refractivity contribution >= 4 is 23.5 Å². The lowest BCUT2D eigenvalue weighted by molar-refractivity contribution is 1.12. The van der Waals surface area contributed by atoms with Crippen LogP contribution in [0.4, 0.5) is 0 Å². The Hall–Kier alpha value is 0.700. The third kappa shape index (κ3) is 11.5. The summed E-state index contributed by atoms with van der Waals surface area (Å²) in [6.07, 6.45) is 1.43. The average Bonchev–Trinajstić information content (AvgIpc) is 2.14. The van der Waals surface area contributed by atoms with Gasteiger partial charge in [0.15, 0.2) is 0 Å². The number of thioether (sulfide) groups is 2. The fourth-order valence-electron chi connectivity index (χ4n) is 0.440. The van der Waals surface area contributed by atoms with Crippen molar-refractivity contribution in [2.75, 3.05) is 16.6 Å². The molecule has 1 fully saturated rings.